The van der Waals surface area contributed by atoms with E-state index in [2.05, 4.69) is 44.3 Å². The average molecular weight is 217 g/mol. The van der Waals surface area contributed by atoms with Crippen LogP contribution in [0.5, 0.6) is 0 Å². The molecule has 0 aliphatic carbocycles. The van der Waals surface area contributed by atoms with Gasteiger partial charge in [-0.1, -0.05) is 39.0 Å². The fraction of sp³-hybridized carbons (Fsp3) is 0.600. The Labute approximate surface area is 99.3 Å². The highest BCUT2D eigenvalue weighted by molar-refractivity contribution is 5.37. The molecule has 1 saturated heterocycles. The summed E-state index contributed by atoms with van der Waals surface area (Å²) in [5.41, 5.74) is 4.54. The van der Waals surface area contributed by atoms with Crippen LogP contribution in [0.15, 0.2) is 18.2 Å². The number of hydrogen-bond acceptors (Lipinski definition) is 1. The molecule has 0 spiro atoms. The van der Waals surface area contributed by atoms with E-state index in [1.54, 1.807) is 5.56 Å². The van der Waals surface area contributed by atoms with Gasteiger partial charge >= 0.3 is 0 Å². The zero-order valence-corrected chi connectivity index (χ0v) is 10.7. The standard InChI is InChI=1S/C15H23N/c1-4-12-7-8-13(11(2)3)14(10-12)15-6-5-9-16-15/h7-8,10-11,15-16H,4-6,9H2,1-3H3. The fourth-order valence-electron chi connectivity index (χ4n) is 2.62. The van der Waals surface area contributed by atoms with Crippen molar-refractivity contribution in [3.8, 4) is 0 Å². The van der Waals surface area contributed by atoms with Crippen LogP contribution in [0.25, 0.3) is 0 Å². The number of nitrogens with one attached hydrogen (secondary N) is 1. The van der Waals surface area contributed by atoms with Gasteiger partial charge < -0.3 is 5.32 Å². The molecule has 1 atom stereocenters. The smallest absolute Gasteiger partial charge is 0.0323 e. The second-order valence-corrected chi connectivity index (χ2v) is 5.12. The third-order valence-electron chi connectivity index (χ3n) is 3.62. The van der Waals surface area contributed by atoms with E-state index in [0.717, 1.165) is 6.42 Å². The molecule has 1 unspecified atom stereocenters. The molecule has 16 heavy (non-hydrogen) atoms. The van der Waals surface area contributed by atoms with Gasteiger partial charge in [-0.25, -0.2) is 0 Å². The van der Waals surface area contributed by atoms with Gasteiger partial charge in [-0.15, -0.1) is 0 Å². The number of rotatable bonds is 3. The molecule has 0 radical (unpaired) electrons. The zero-order valence-electron chi connectivity index (χ0n) is 10.7. The Kier molecular flexibility index (Phi) is 3.65. The van der Waals surface area contributed by atoms with Gasteiger partial charge in [-0.05, 0) is 48.4 Å². The minimum atomic E-state index is 0.601. The Bertz CT molecular complexity index is 348. The molecule has 1 heteroatoms. The molecule has 0 aromatic heterocycles. The van der Waals surface area contributed by atoms with Crippen LogP contribution in [0, 0.1) is 0 Å². The van der Waals surface area contributed by atoms with Crippen LogP contribution in [0.3, 0.4) is 0 Å². The van der Waals surface area contributed by atoms with Crippen molar-refractivity contribution in [2.75, 3.05) is 6.54 Å². The Morgan fingerprint density at radius 3 is 2.75 bits per heavy atom. The Hall–Kier alpha value is -0.820. The summed E-state index contributed by atoms with van der Waals surface area (Å²) in [5.74, 6) is 0.628. The van der Waals surface area contributed by atoms with Crippen LogP contribution in [-0.4, -0.2) is 6.54 Å². The van der Waals surface area contributed by atoms with Crippen LogP contribution in [0.4, 0.5) is 0 Å². The molecular formula is C15H23N. The van der Waals surface area contributed by atoms with E-state index in [9.17, 15) is 0 Å². The van der Waals surface area contributed by atoms with Gasteiger partial charge in [-0.3, -0.25) is 0 Å². The molecule has 0 saturated carbocycles. The summed E-state index contributed by atoms with van der Waals surface area (Å²) in [6.45, 7) is 7.99. The second-order valence-electron chi connectivity index (χ2n) is 5.12. The minimum absolute atomic E-state index is 0.601. The predicted octanol–water partition coefficient (Wildman–Crippen LogP) is 3.80. The zero-order chi connectivity index (χ0) is 11.5. The van der Waals surface area contributed by atoms with Crippen LogP contribution < -0.4 is 5.32 Å². The summed E-state index contributed by atoms with van der Waals surface area (Å²) >= 11 is 0. The lowest BCUT2D eigenvalue weighted by Crippen LogP contribution is -2.15. The summed E-state index contributed by atoms with van der Waals surface area (Å²) in [4.78, 5) is 0. The Morgan fingerprint density at radius 1 is 1.38 bits per heavy atom. The quantitative estimate of drug-likeness (QED) is 0.812. The van der Waals surface area contributed by atoms with E-state index < -0.39 is 0 Å². The summed E-state index contributed by atoms with van der Waals surface area (Å²) in [6.07, 6.45) is 3.75. The third kappa shape index (κ3) is 2.30. The maximum absolute atomic E-state index is 3.62. The van der Waals surface area contributed by atoms with Crippen LogP contribution >= 0.6 is 0 Å². The van der Waals surface area contributed by atoms with Crippen molar-refractivity contribution in [3.63, 3.8) is 0 Å². The minimum Gasteiger partial charge on any atom is -0.310 e. The van der Waals surface area contributed by atoms with Crippen molar-refractivity contribution in [1.82, 2.24) is 5.32 Å². The lowest BCUT2D eigenvalue weighted by Gasteiger charge is -2.19. The summed E-state index contributed by atoms with van der Waals surface area (Å²) in [7, 11) is 0. The second kappa shape index (κ2) is 5.01. The van der Waals surface area contributed by atoms with Crippen molar-refractivity contribution in [3.05, 3.63) is 34.9 Å². The summed E-state index contributed by atoms with van der Waals surface area (Å²) in [6, 6.07) is 7.63. The molecule has 1 heterocycles. The highest BCUT2D eigenvalue weighted by Gasteiger charge is 2.20. The Balaban J connectivity index is 2.37. The molecule has 1 aromatic carbocycles. The molecule has 1 aliphatic rings. The van der Waals surface area contributed by atoms with Crippen molar-refractivity contribution < 1.29 is 0 Å². The van der Waals surface area contributed by atoms with E-state index in [4.69, 9.17) is 0 Å². The van der Waals surface area contributed by atoms with Crippen molar-refractivity contribution >= 4 is 0 Å². The fourth-order valence-corrected chi connectivity index (χ4v) is 2.62. The van der Waals surface area contributed by atoms with Gasteiger partial charge in [0.25, 0.3) is 0 Å². The van der Waals surface area contributed by atoms with Crippen molar-refractivity contribution in [2.45, 2.75) is 52.0 Å². The summed E-state index contributed by atoms with van der Waals surface area (Å²) < 4.78 is 0. The topological polar surface area (TPSA) is 12.0 Å². The van der Waals surface area contributed by atoms with E-state index in [0.29, 0.717) is 12.0 Å². The van der Waals surface area contributed by atoms with Gasteiger partial charge in [0, 0.05) is 6.04 Å². The van der Waals surface area contributed by atoms with Gasteiger partial charge in [0.05, 0.1) is 0 Å². The van der Waals surface area contributed by atoms with E-state index in [1.165, 1.54) is 30.5 Å². The van der Waals surface area contributed by atoms with E-state index >= 15 is 0 Å². The average Bonchev–Trinajstić information content (AvgIpc) is 2.81. The van der Waals surface area contributed by atoms with Gasteiger partial charge in [0.1, 0.15) is 0 Å². The lowest BCUT2D eigenvalue weighted by atomic mass is 9.90. The van der Waals surface area contributed by atoms with Gasteiger partial charge in [0.15, 0.2) is 0 Å². The first-order valence-corrected chi connectivity index (χ1v) is 6.58. The largest absolute Gasteiger partial charge is 0.310 e. The van der Waals surface area contributed by atoms with Crippen molar-refractivity contribution in [2.24, 2.45) is 0 Å². The normalized spacial score (nSPS) is 20.6. The Morgan fingerprint density at radius 2 is 2.19 bits per heavy atom. The molecule has 1 N–H and O–H groups in total. The first kappa shape index (κ1) is 11.7. The maximum atomic E-state index is 3.62. The molecule has 2 rings (SSSR count). The number of benzene rings is 1. The van der Waals surface area contributed by atoms with Crippen LogP contribution in [0.1, 0.15) is 62.3 Å². The molecule has 0 amide bonds. The van der Waals surface area contributed by atoms with Crippen molar-refractivity contribution in [1.29, 1.82) is 0 Å². The highest BCUT2D eigenvalue weighted by atomic mass is 14.9. The summed E-state index contributed by atoms with van der Waals surface area (Å²) in [5, 5.41) is 3.62. The first-order chi connectivity index (χ1) is 7.72. The molecular weight excluding hydrogens is 194 g/mol. The predicted molar refractivity (Wildman–Crippen MR) is 69.9 cm³/mol. The SMILES string of the molecule is CCc1ccc(C(C)C)c(C2CCCN2)c1. The molecule has 1 aliphatic heterocycles. The maximum Gasteiger partial charge on any atom is 0.0323 e. The van der Waals surface area contributed by atoms with Gasteiger partial charge in [0.2, 0.25) is 0 Å². The van der Waals surface area contributed by atoms with Crippen LogP contribution in [0.2, 0.25) is 0 Å². The highest BCUT2D eigenvalue weighted by Crippen LogP contribution is 2.31. The number of aryl methyl sites for hydroxylation is 1. The molecule has 1 nitrogen and oxygen atoms in total. The molecule has 1 aromatic rings. The van der Waals surface area contributed by atoms with E-state index in [-0.39, 0.29) is 0 Å². The lowest BCUT2D eigenvalue weighted by molar-refractivity contribution is 0.632. The molecule has 0 bridgehead atoms. The first-order valence-electron chi connectivity index (χ1n) is 6.58. The van der Waals surface area contributed by atoms with Gasteiger partial charge in [-0.2, -0.15) is 0 Å². The van der Waals surface area contributed by atoms with E-state index in [1.807, 2.05) is 0 Å². The third-order valence-corrected chi connectivity index (χ3v) is 3.62. The molecule has 88 valence electrons. The number of hydrogen-bond donors (Lipinski definition) is 1. The van der Waals surface area contributed by atoms with Crippen LogP contribution in [-0.2, 0) is 6.42 Å². The monoisotopic (exact) mass is 217 g/mol. The molecule has 1 fully saturated rings.